The van der Waals surface area contributed by atoms with E-state index < -0.39 is 0 Å². The molecular formula is C10H18N2O. The Bertz CT molecular complexity index is 245. The number of rotatable bonds is 5. The van der Waals surface area contributed by atoms with Crippen LogP contribution in [0, 0.1) is 0 Å². The Balaban J connectivity index is 2.68. The van der Waals surface area contributed by atoms with Crippen LogP contribution in [0.5, 0.6) is 0 Å². The lowest BCUT2D eigenvalue weighted by atomic mass is 10.0. The highest BCUT2D eigenvalue weighted by atomic mass is 16.3. The van der Waals surface area contributed by atoms with Crippen molar-refractivity contribution in [3.63, 3.8) is 0 Å². The van der Waals surface area contributed by atoms with Gasteiger partial charge in [-0.15, -0.1) is 0 Å². The molecule has 0 amide bonds. The van der Waals surface area contributed by atoms with Crippen LogP contribution in [0.3, 0.4) is 0 Å². The quantitative estimate of drug-likeness (QED) is 0.759. The van der Waals surface area contributed by atoms with Gasteiger partial charge in [0.2, 0.25) is 0 Å². The molecule has 0 fully saturated rings. The van der Waals surface area contributed by atoms with Gasteiger partial charge < -0.3 is 9.73 Å². The van der Waals surface area contributed by atoms with Crippen molar-refractivity contribution in [1.29, 1.82) is 0 Å². The molecule has 74 valence electrons. The molecule has 1 atom stereocenters. The maximum Gasteiger partial charge on any atom is 0.181 e. The van der Waals surface area contributed by atoms with Crippen LogP contribution in [-0.2, 0) is 6.54 Å². The topological polar surface area (TPSA) is 38.1 Å². The fourth-order valence-corrected chi connectivity index (χ4v) is 1.54. The van der Waals surface area contributed by atoms with E-state index in [1.165, 1.54) is 12.8 Å². The Hall–Kier alpha value is -0.830. The van der Waals surface area contributed by atoms with Crippen LogP contribution in [0.4, 0.5) is 0 Å². The Morgan fingerprint density at radius 3 is 3.00 bits per heavy atom. The standard InChI is InChI=1S/C10H18N2O/c1-4-5-8(2)10-9(6-11-3)12-7-13-10/h7-8,11H,4-6H2,1-3H3. The molecular weight excluding hydrogens is 164 g/mol. The van der Waals surface area contributed by atoms with Crippen molar-refractivity contribution in [2.75, 3.05) is 7.05 Å². The molecule has 0 saturated heterocycles. The van der Waals surface area contributed by atoms with Crippen LogP contribution >= 0.6 is 0 Å². The van der Waals surface area contributed by atoms with E-state index in [-0.39, 0.29) is 0 Å². The highest BCUT2D eigenvalue weighted by Crippen LogP contribution is 2.23. The highest BCUT2D eigenvalue weighted by molar-refractivity contribution is 5.11. The van der Waals surface area contributed by atoms with Gasteiger partial charge in [-0.3, -0.25) is 0 Å². The molecule has 1 N–H and O–H groups in total. The van der Waals surface area contributed by atoms with E-state index >= 15 is 0 Å². The largest absolute Gasteiger partial charge is 0.448 e. The van der Waals surface area contributed by atoms with Crippen molar-refractivity contribution in [2.24, 2.45) is 0 Å². The van der Waals surface area contributed by atoms with Crippen LogP contribution in [0.25, 0.3) is 0 Å². The van der Waals surface area contributed by atoms with Gasteiger partial charge in [0.05, 0.1) is 5.69 Å². The fourth-order valence-electron chi connectivity index (χ4n) is 1.54. The van der Waals surface area contributed by atoms with Crippen LogP contribution < -0.4 is 5.32 Å². The molecule has 3 nitrogen and oxygen atoms in total. The predicted octanol–water partition coefficient (Wildman–Crippen LogP) is 2.30. The third-order valence-corrected chi connectivity index (χ3v) is 2.19. The number of nitrogens with one attached hydrogen (secondary N) is 1. The van der Waals surface area contributed by atoms with Crippen molar-refractivity contribution >= 4 is 0 Å². The van der Waals surface area contributed by atoms with E-state index in [4.69, 9.17) is 4.42 Å². The summed E-state index contributed by atoms with van der Waals surface area (Å²) >= 11 is 0. The summed E-state index contributed by atoms with van der Waals surface area (Å²) in [6.07, 6.45) is 3.88. The van der Waals surface area contributed by atoms with E-state index in [0.717, 1.165) is 24.4 Å². The van der Waals surface area contributed by atoms with Crippen molar-refractivity contribution in [3.8, 4) is 0 Å². The van der Waals surface area contributed by atoms with Gasteiger partial charge in [0.1, 0.15) is 5.76 Å². The van der Waals surface area contributed by atoms with E-state index in [1.807, 2.05) is 7.05 Å². The number of hydrogen-bond acceptors (Lipinski definition) is 3. The second-order valence-corrected chi connectivity index (χ2v) is 3.38. The zero-order valence-electron chi connectivity index (χ0n) is 8.63. The minimum Gasteiger partial charge on any atom is -0.448 e. The summed E-state index contributed by atoms with van der Waals surface area (Å²) in [6.45, 7) is 5.16. The Labute approximate surface area is 79.5 Å². The zero-order chi connectivity index (χ0) is 9.68. The molecule has 1 aromatic heterocycles. The van der Waals surface area contributed by atoms with Crippen molar-refractivity contribution in [2.45, 2.75) is 39.2 Å². The van der Waals surface area contributed by atoms with Gasteiger partial charge in [0.15, 0.2) is 6.39 Å². The summed E-state index contributed by atoms with van der Waals surface area (Å²) in [4.78, 5) is 4.18. The molecule has 13 heavy (non-hydrogen) atoms. The third-order valence-electron chi connectivity index (χ3n) is 2.19. The normalized spacial score (nSPS) is 13.2. The molecule has 0 aliphatic carbocycles. The van der Waals surface area contributed by atoms with Gasteiger partial charge in [-0.2, -0.15) is 0 Å². The molecule has 0 radical (unpaired) electrons. The van der Waals surface area contributed by atoms with Gasteiger partial charge in [-0.05, 0) is 13.5 Å². The van der Waals surface area contributed by atoms with E-state index in [2.05, 4.69) is 24.1 Å². The molecule has 0 aliphatic rings. The van der Waals surface area contributed by atoms with E-state index in [9.17, 15) is 0 Å². The van der Waals surface area contributed by atoms with Crippen LogP contribution in [0.2, 0.25) is 0 Å². The van der Waals surface area contributed by atoms with Crippen LogP contribution in [0.15, 0.2) is 10.8 Å². The van der Waals surface area contributed by atoms with Crippen LogP contribution in [-0.4, -0.2) is 12.0 Å². The first-order valence-corrected chi connectivity index (χ1v) is 4.86. The Morgan fingerprint density at radius 2 is 2.38 bits per heavy atom. The number of oxazole rings is 1. The minimum absolute atomic E-state index is 0.482. The molecule has 0 aliphatic heterocycles. The molecule has 3 heteroatoms. The third kappa shape index (κ3) is 2.56. The molecule has 1 aromatic rings. The Morgan fingerprint density at radius 1 is 1.62 bits per heavy atom. The van der Waals surface area contributed by atoms with Crippen molar-refractivity contribution < 1.29 is 4.42 Å². The van der Waals surface area contributed by atoms with E-state index in [0.29, 0.717) is 5.92 Å². The summed E-state index contributed by atoms with van der Waals surface area (Å²) in [5.74, 6) is 1.52. The Kier molecular flexibility index (Phi) is 3.96. The summed E-state index contributed by atoms with van der Waals surface area (Å²) in [5.41, 5.74) is 1.04. The lowest BCUT2D eigenvalue weighted by Crippen LogP contribution is -2.08. The van der Waals surface area contributed by atoms with Crippen LogP contribution in [0.1, 0.15) is 44.1 Å². The maximum absolute atomic E-state index is 5.38. The first-order chi connectivity index (χ1) is 6.29. The molecule has 1 rings (SSSR count). The van der Waals surface area contributed by atoms with Gasteiger partial charge >= 0.3 is 0 Å². The molecule has 1 heterocycles. The second-order valence-electron chi connectivity index (χ2n) is 3.38. The fraction of sp³-hybridized carbons (Fsp3) is 0.700. The molecule has 0 aromatic carbocycles. The molecule has 0 spiro atoms. The zero-order valence-corrected chi connectivity index (χ0v) is 8.63. The second kappa shape index (κ2) is 5.02. The van der Waals surface area contributed by atoms with Gasteiger partial charge in [-0.1, -0.05) is 20.3 Å². The van der Waals surface area contributed by atoms with Crippen molar-refractivity contribution in [3.05, 3.63) is 17.8 Å². The predicted molar refractivity (Wildman–Crippen MR) is 52.6 cm³/mol. The molecule has 1 unspecified atom stereocenters. The lowest BCUT2D eigenvalue weighted by Gasteiger charge is -2.07. The monoisotopic (exact) mass is 182 g/mol. The summed E-state index contributed by atoms with van der Waals surface area (Å²) in [5, 5.41) is 3.08. The average molecular weight is 182 g/mol. The lowest BCUT2D eigenvalue weighted by molar-refractivity contribution is 0.451. The minimum atomic E-state index is 0.482. The smallest absolute Gasteiger partial charge is 0.181 e. The van der Waals surface area contributed by atoms with Gasteiger partial charge in [-0.25, -0.2) is 4.98 Å². The number of aromatic nitrogens is 1. The molecule has 0 bridgehead atoms. The SMILES string of the molecule is CCCC(C)c1ocnc1CNC. The first kappa shape index (κ1) is 10.3. The van der Waals surface area contributed by atoms with Gasteiger partial charge in [0.25, 0.3) is 0 Å². The summed E-state index contributed by atoms with van der Waals surface area (Å²) < 4.78 is 5.38. The van der Waals surface area contributed by atoms with Gasteiger partial charge in [0, 0.05) is 12.5 Å². The van der Waals surface area contributed by atoms with Crippen molar-refractivity contribution in [1.82, 2.24) is 10.3 Å². The maximum atomic E-state index is 5.38. The summed E-state index contributed by atoms with van der Waals surface area (Å²) in [7, 11) is 1.92. The number of nitrogens with zero attached hydrogens (tertiary/aromatic N) is 1. The van der Waals surface area contributed by atoms with E-state index in [1.54, 1.807) is 0 Å². The summed E-state index contributed by atoms with van der Waals surface area (Å²) in [6, 6.07) is 0. The highest BCUT2D eigenvalue weighted by Gasteiger charge is 2.13. The average Bonchev–Trinajstić information content (AvgIpc) is 2.54. The number of hydrogen-bond donors (Lipinski definition) is 1. The first-order valence-electron chi connectivity index (χ1n) is 4.86. The molecule has 0 saturated carbocycles.